The average Bonchev–Trinajstić information content (AvgIpc) is 2.39. The average molecular weight is 298 g/mol. The molecule has 0 spiro atoms. The van der Waals surface area contributed by atoms with Crippen molar-refractivity contribution >= 4 is 21.6 Å². The molecule has 110 valence electrons. The van der Waals surface area contributed by atoms with E-state index < -0.39 is 10.0 Å². The molecule has 1 heterocycles. The van der Waals surface area contributed by atoms with Gasteiger partial charge in [0.2, 0.25) is 15.9 Å². The van der Waals surface area contributed by atoms with Gasteiger partial charge in [-0.1, -0.05) is 6.07 Å². The first-order valence-electron chi connectivity index (χ1n) is 6.49. The molecule has 0 aliphatic carbocycles. The van der Waals surface area contributed by atoms with Gasteiger partial charge >= 0.3 is 0 Å². The molecule has 2 rings (SSSR count). The van der Waals surface area contributed by atoms with E-state index in [1.807, 2.05) is 0 Å². The molecule has 7 heteroatoms. The lowest BCUT2D eigenvalue weighted by molar-refractivity contribution is -0.119. The Morgan fingerprint density at radius 3 is 2.85 bits per heavy atom. The number of ether oxygens (including phenoxy) is 1. The van der Waals surface area contributed by atoms with Crippen molar-refractivity contribution in [2.75, 3.05) is 11.9 Å². The van der Waals surface area contributed by atoms with Crippen LogP contribution >= 0.6 is 0 Å². The zero-order valence-corrected chi connectivity index (χ0v) is 11.9. The molecule has 1 aliphatic heterocycles. The van der Waals surface area contributed by atoms with Crippen LogP contribution in [0.3, 0.4) is 0 Å². The van der Waals surface area contributed by atoms with Crippen LogP contribution in [0.4, 0.5) is 5.69 Å². The Morgan fingerprint density at radius 2 is 2.20 bits per heavy atom. The van der Waals surface area contributed by atoms with Crippen LogP contribution in [0.5, 0.6) is 0 Å². The zero-order chi connectivity index (χ0) is 14.6. The molecule has 1 aromatic rings. The first kappa shape index (κ1) is 15.0. The molecule has 1 unspecified atom stereocenters. The molecule has 0 radical (unpaired) electrons. The summed E-state index contributed by atoms with van der Waals surface area (Å²) < 4.78 is 28.0. The SMILES string of the molecule is NS(=O)(=O)c1cccc(NC(=O)CC2CCCCO2)c1. The second-order valence-electron chi connectivity index (χ2n) is 4.81. The Labute approximate surface area is 118 Å². The smallest absolute Gasteiger partial charge is 0.238 e. The lowest BCUT2D eigenvalue weighted by Crippen LogP contribution is -2.25. The van der Waals surface area contributed by atoms with E-state index in [-0.39, 0.29) is 23.3 Å². The third kappa shape index (κ3) is 4.29. The largest absolute Gasteiger partial charge is 0.378 e. The quantitative estimate of drug-likeness (QED) is 0.873. The maximum atomic E-state index is 11.9. The van der Waals surface area contributed by atoms with Gasteiger partial charge in [0.25, 0.3) is 0 Å². The highest BCUT2D eigenvalue weighted by Gasteiger charge is 2.18. The second-order valence-corrected chi connectivity index (χ2v) is 6.38. The van der Waals surface area contributed by atoms with E-state index in [9.17, 15) is 13.2 Å². The molecule has 1 amide bonds. The molecular formula is C13H18N2O4S. The summed E-state index contributed by atoms with van der Waals surface area (Å²) in [5, 5.41) is 7.71. The summed E-state index contributed by atoms with van der Waals surface area (Å²) in [4.78, 5) is 11.8. The van der Waals surface area contributed by atoms with E-state index in [0.29, 0.717) is 12.3 Å². The van der Waals surface area contributed by atoms with Crippen molar-refractivity contribution < 1.29 is 17.9 Å². The van der Waals surface area contributed by atoms with Crippen LogP contribution in [0.25, 0.3) is 0 Å². The molecule has 1 saturated heterocycles. The lowest BCUT2D eigenvalue weighted by atomic mass is 10.1. The maximum Gasteiger partial charge on any atom is 0.238 e. The summed E-state index contributed by atoms with van der Waals surface area (Å²) in [6, 6.07) is 5.88. The standard InChI is InChI=1S/C13H18N2O4S/c14-20(17,18)12-6-3-4-10(8-12)15-13(16)9-11-5-1-2-7-19-11/h3-4,6,8,11H,1-2,5,7,9H2,(H,15,16)(H2,14,17,18). The molecule has 0 saturated carbocycles. The number of carbonyl (C=O) groups is 1. The van der Waals surface area contributed by atoms with Gasteiger partial charge in [-0.05, 0) is 37.5 Å². The fraction of sp³-hybridized carbons (Fsp3) is 0.462. The van der Waals surface area contributed by atoms with Gasteiger partial charge in [-0.2, -0.15) is 0 Å². The highest BCUT2D eigenvalue weighted by atomic mass is 32.2. The number of sulfonamides is 1. The van der Waals surface area contributed by atoms with Crippen LogP contribution in [0.15, 0.2) is 29.2 Å². The molecule has 1 fully saturated rings. The number of hydrogen-bond acceptors (Lipinski definition) is 4. The van der Waals surface area contributed by atoms with Crippen LogP contribution in [-0.4, -0.2) is 27.0 Å². The Bertz CT molecular complexity index is 580. The van der Waals surface area contributed by atoms with Crippen molar-refractivity contribution in [2.45, 2.75) is 36.7 Å². The Morgan fingerprint density at radius 1 is 1.40 bits per heavy atom. The topological polar surface area (TPSA) is 98.5 Å². The zero-order valence-electron chi connectivity index (χ0n) is 11.0. The summed E-state index contributed by atoms with van der Waals surface area (Å²) in [5.74, 6) is -0.191. The third-order valence-corrected chi connectivity index (χ3v) is 4.04. The van der Waals surface area contributed by atoms with E-state index >= 15 is 0 Å². The van der Waals surface area contributed by atoms with Crippen molar-refractivity contribution in [3.05, 3.63) is 24.3 Å². The van der Waals surface area contributed by atoms with Crippen LogP contribution in [-0.2, 0) is 19.6 Å². The van der Waals surface area contributed by atoms with Gasteiger partial charge in [0.1, 0.15) is 0 Å². The summed E-state index contributed by atoms with van der Waals surface area (Å²) in [6.45, 7) is 0.693. The van der Waals surface area contributed by atoms with Crippen molar-refractivity contribution in [3.8, 4) is 0 Å². The van der Waals surface area contributed by atoms with Gasteiger partial charge in [0.05, 0.1) is 17.4 Å². The fourth-order valence-electron chi connectivity index (χ4n) is 2.14. The summed E-state index contributed by atoms with van der Waals surface area (Å²) in [5.41, 5.74) is 0.414. The molecule has 0 aromatic heterocycles. The van der Waals surface area contributed by atoms with Crippen LogP contribution in [0, 0.1) is 0 Å². The van der Waals surface area contributed by atoms with E-state index in [1.165, 1.54) is 18.2 Å². The number of benzene rings is 1. The first-order chi connectivity index (χ1) is 9.45. The van der Waals surface area contributed by atoms with Gasteiger partial charge in [-0.3, -0.25) is 4.79 Å². The van der Waals surface area contributed by atoms with Gasteiger partial charge in [0.15, 0.2) is 0 Å². The van der Waals surface area contributed by atoms with E-state index in [4.69, 9.17) is 9.88 Å². The monoisotopic (exact) mass is 298 g/mol. The summed E-state index contributed by atoms with van der Waals surface area (Å²) in [6.07, 6.45) is 3.21. The number of hydrogen-bond donors (Lipinski definition) is 2. The molecule has 0 bridgehead atoms. The fourth-order valence-corrected chi connectivity index (χ4v) is 2.70. The highest BCUT2D eigenvalue weighted by Crippen LogP contribution is 2.18. The highest BCUT2D eigenvalue weighted by molar-refractivity contribution is 7.89. The number of primary sulfonamides is 1. The molecule has 1 atom stereocenters. The van der Waals surface area contributed by atoms with Crippen molar-refractivity contribution in [1.29, 1.82) is 0 Å². The van der Waals surface area contributed by atoms with Crippen LogP contribution in [0.2, 0.25) is 0 Å². The minimum atomic E-state index is -3.76. The number of nitrogens with two attached hydrogens (primary N) is 1. The van der Waals surface area contributed by atoms with E-state index in [0.717, 1.165) is 19.3 Å². The summed E-state index contributed by atoms with van der Waals surface area (Å²) >= 11 is 0. The van der Waals surface area contributed by atoms with Gasteiger partial charge in [-0.25, -0.2) is 13.6 Å². The molecular weight excluding hydrogens is 280 g/mol. The second kappa shape index (κ2) is 6.34. The molecule has 1 aromatic carbocycles. The predicted molar refractivity (Wildman–Crippen MR) is 74.7 cm³/mol. The van der Waals surface area contributed by atoms with Crippen molar-refractivity contribution in [1.82, 2.24) is 0 Å². The maximum absolute atomic E-state index is 11.9. The van der Waals surface area contributed by atoms with Crippen LogP contribution in [0.1, 0.15) is 25.7 Å². The van der Waals surface area contributed by atoms with Gasteiger partial charge in [0, 0.05) is 12.3 Å². The Balaban J connectivity index is 1.97. The predicted octanol–water partition coefficient (Wildman–Crippen LogP) is 1.23. The summed E-state index contributed by atoms with van der Waals surface area (Å²) in [7, 11) is -3.76. The Kier molecular flexibility index (Phi) is 4.74. The third-order valence-electron chi connectivity index (χ3n) is 3.13. The van der Waals surface area contributed by atoms with E-state index in [1.54, 1.807) is 6.07 Å². The Hall–Kier alpha value is -1.44. The van der Waals surface area contributed by atoms with Crippen molar-refractivity contribution in [2.24, 2.45) is 5.14 Å². The number of amides is 1. The number of anilines is 1. The molecule has 20 heavy (non-hydrogen) atoms. The lowest BCUT2D eigenvalue weighted by Gasteiger charge is -2.21. The minimum Gasteiger partial charge on any atom is -0.378 e. The normalized spacial score (nSPS) is 19.6. The minimum absolute atomic E-state index is 0.0239. The molecule has 1 aliphatic rings. The van der Waals surface area contributed by atoms with E-state index in [2.05, 4.69) is 5.32 Å². The van der Waals surface area contributed by atoms with Gasteiger partial charge in [-0.15, -0.1) is 0 Å². The number of rotatable bonds is 4. The number of carbonyl (C=O) groups excluding carboxylic acids is 1. The molecule has 3 N–H and O–H groups in total. The first-order valence-corrected chi connectivity index (χ1v) is 8.04. The number of nitrogens with one attached hydrogen (secondary N) is 1. The van der Waals surface area contributed by atoms with Gasteiger partial charge < -0.3 is 10.1 Å². The molecule has 6 nitrogen and oxygen atoms in total. The van der Waals surface area contributed by atoms with Crippen molar-refractivity contribution in [3.63, 3.8) is 0 Å². The van der Waals surface area contributed by atoms with Crippen LogP contribution < -0.4 is 10.5 Å².